The van der Waals surface area contributed by atoms with Crippen molar-refractivity contribution in [3.8, 4) is 0 Å². The largest absolute Gasteiger partial charge is 0.472 e. The molecule has 0 aliphatic carbocycles. The van der Waals surface area contributed by atoms with E-state index in [0.717, 1.165) is 108 Å². The highest BCUT2D eigenvalue weighted by Gasteiger charge is 2.30. The monoisotopic (exact) mass is 1350 g/mol. The van der Waals surface area contributed by atoms with Crippen LogP contribution in [0, 0.1) is 23.7 Å². The Hall–Kier alpha value is -1.94. The Morgan fingerprint density at radius 2 is 0.457 bits per heavy atom. The van der Waals surface area contributed by atoms with E-state index in [9.17, 15) is 43.2 Å². The van der Waals surface area contributed by atoms with Gasteiger partial charge in [-0.05, 0) is 49.4 Å². The van der Waals surface area contributed by atoms with Gasteiger partial charge in [-0.3, -0.25) is 37.3 Å². The topological polar surface area (TPSA) is 237 Å². The fraction of sp³-hybridized carbons (Fsp3) is 0.945. The predicted octanol–water partition coefficient (Wildman–Crippen LogP) is 20.9. The molecule has 0 aliphatic rings. The van der Waals surface area contributed by atoms with Crippen LogP contribution in [-0.2, 0) is 65.4 Å². The molecule has 0 aromatic rings. The molecule has 5 atom stereocenters. The van der Waals surface area contributed by atoms with E-state index in [0.29, 0.717) is 37.5 Å². The molecule has 92 heavy (non-hydrogen) atoms. The first-order valence-corrected chi connectivity index (χ1v) is 40.7. The summed E-state index contributed by atoms with van der Waals surface area (Å²) in [5.74, 6) is 0.795. The molecule has 0 amide bonds. The number of aliphatic hydroxyl groups is 1. The molecule has 0 rings (SSSR count). The lowest BCUT2D eigenvalue weighted by Crippen LogP contribution is -2.30. The lowest BCUT2D eigenvalue weighted by atomic mass is 10.0. The zero-order chi connectivity index (χ0) is 68.2. The van der Waals surface area contributed by atoms with E-state index in [-0.39, 0.29) is 25.7 Å². The Morgan fingerprint density at radius 1 is 0.272 bits per heavy atom. The molecule has 0 fully saturated rings. The molecule has 0 spiro atoms. The average Bonchev–Trinajstić information content (AvgIpc) is 3.49. The maximum atomic E-state index is 13.1. The van der Waals surface area contributed by atoms with Gasteiger partial charge in [-0.1, -0.05) is 312 Å². The van der Waals surface area contributed by atoms with Crippen LogP contribution in [0.4, 0.5) is 0 Å². The van der Waals surface area contributed by atoms with Gasteiger partial charge in [0.2, 0.25) is 0 Å². The third kappa shape index (κ3) is 66.7. The van der Waals surface area contributed by atoms with Crippen molar-refractivity contribution in [2.24, 2.45) is 23.7 Å². The van der Waals surface area contributed by atoms with Crippen molar-refractivity contribution >= 4 is 39.5 Å². The minimum Gasteiger partial charge on any atom is -0.462 e. The average molecular weight is 1350 g/mol. The van der Waals surface area contributed by atoms with Crippen molar-refractivity contribution in [2.75, 3.05) is 39.6 Å². The Balaban J connectivity index is 5.17. The number of unbranched alkanes of at least 4 members (excludes halogenated alkanes) is 36. The maximum absolute atomic E-state index is 13.1. The fourth-order valence-electron chi connectivity index (χ4n) is 11.0. The van der Waals surface area contributed by atoms with Gasteiger partial charge in [0.1, 0.15) is 19.3 Å². The van der Waals surface area contributed by atoms with Crippen molar-refractivity contribution in [1.29, 1.82) is 0 Å². The summed E-state index contributed by atoms with van der Waals surface area (Å²) in [5, 5.41) is 10.6. The van der Waals surface area contributed by atoms with Gasteiger partial charge in [0, 0.05) is 25.7 Å². The Bertz CT molecular complexity index is 1820. The quantitative estimate of drug-likeness (QED) is 0.0222. The van der Waals surface area contributed by atoms with Gasteiger partial charge in [-0.25, -0.2) is 9.13 Å². The number of hydrogen-bond acceptors (Lipinski definition) is 15. The molecule has 0 bridgehead atoms. The number of ether oxygens (including phenoxy) is 4. The fourth-order valence-corrected chi connectivity index (χ4v) is 12.6. The number of hydrogen-bond donors (Lipinski definition) is 3. The Kier molecular flexibility index (Phi) is 61.3. The van der Waals surface area contributed by atoms with Crippen LogP contribution < -0.4 is 0 Å². The smallest absolute Gasteiger partial charge is 0.462 e. The van der Waals surface area contributed by atoms with Gasteiger partial charge in [0.25, 0.3) is 0 Å². The molecule has 19 heteroatoms. The van der Waals surface area contributed by atoms with Crippen LogP contribution in [0.25, 0.3) is 0 Å². The lowest BCUT2D eigenvalue weighted by molar-refractivity contribution is -0.161. The number of phosphoric ester groups is 2. The first kappa shape index (κ1) is 90.1. The summed E-state index contributed by atoms with van der Waals surface area (Å²) in [5.41, 5.74) is 0. The molecule has 0 aromatic carbocycles. The third-order valence-corrected chi connectivity index (χ3v) is 18.7. The summed E-state index contributed by atoms with van der Waals surface area (Å²) in [4.78, 5) is 72.5. The number of rotatable bonds is 70. The molecule has 546 valence electrons. The van der Waals surface area contributed by atoms with Crippen molar-refractivity contribution in [1.82, 2.24) is 0 Å². The van der Waals surface area contributed by atoms with Crippen LogP contribution in [-0.4, -0.2) is 96.7 Å². The van der Waals surface area contributed by atoms with E-state index in [2.05, 4.69) is 55.4 Å². The molecule has 0 radical (unpaired) electrons. The molecular formula is C73H142O17P2. The van der Waals surface area contributed by atoms with Crippen molar-refractivity contribution in [3.05, 3.63) is 0 Å². The first-order valence-electron chi connectivity index (χ1n) is 37.7. The zero-order valence-corrected chi connectivity index (χ0v) is 62.0. The van der Waals surface area contributed by atoms with Crippen LogP contribution in [0.2, 0.25) is 0 Å². The number of phosphoric acid groups is 2. The van der Waals surface area contributed by atoms with E-state index >= 15 is 0 Å². The molecule has 0 aromatic heterocycles. The zero-order valence-electron chi connectivity index (χ0n) is 60.2. The second-order valence-corrected chi connectivity index (χ2v) is 31.1. The van der Waals surface area contributed by atoms with Crippen LogP contribution >= 0.6 is 15.6 Å². The first-order chi connectivity index (χ1) is 44.1. The van der Waals surface area contributed by atoms with E-state index < -0.39 is 97.5 Å². The van der Waals surface area contributed by atoms with E-state index in [1.165, 1.54) is 161 Å². The van der Waals surface area contributed by atoms with Crippen molar-refractivity contribution in [3.63, 3.8) is 0 Å². The van der Waals surface area contributed by atoms with Crippen LogP contribution in [0.15, 0.2) is 0 Å². The van der Waals surface area contributed by atoms with Crippen LogP contribution in [0.1, 0.15) is 364 Å². The molecule has 17 nitrogen and oxygen atoms in total. The van der Waals surface area contributed by atoms with Gasteiger partial charge in [-0.2, -0.15) is 0 Å². The number of aliphatic hydroxyl groups excluding tert-OH is 1. The minimum atomic E-state index is -4.95. The van der Waals surface area contributed by atoms with Gasteiger partial charge >= 0.3 is 39.5 Å². The minimum absolute atomic E-state index is 0.101. The molecule has 3 N–H and O–H groups in total. The van der Waals surface area contributed by atoms with Crippen LogP contribution in [0.5, 0.6) is 0 Å². The van der Waals surface area contributed by atoms with E-state index in [1.54, 1.807) is 0 Å². The lowest BCUT2D eigenvalue weighted by Gasteiger charge is -2.21. The summed E-state index contributed by atoms with van der Waals surface area (Å²) >= 11 is 0. The van der Waals surface area contributed by atoms with E-state index in [4.69, 9.17) is 37.0 Å². The van der Waals surface area contributed by atoms with Crippen molar-refractivity contribution in [2.45, 2.75) is 382 Å². The Labute approximate surface area is 562 Å². The molecular weight excluding hydrogens is 1210 g/mol. The second kappa shape index (κ2) is 62.6. The number of carbonyl (C=O) groups excluding carboxylic acids is 4. The molecule has 0 heterocycles. The van der Waals surface area contributed by atoms with Gasteiger partial charge < -0.3 is 33.8 Å². The summed E-state index contributed by atoms with van der Waals surface area (Å²) in [6.45, 7) is 14.0. The predicted molar refractivity (Wildman–Crippen MR) is 372 cm³/mol. The van der Waals surface area contributed by atoms with Gasteiger partial charge in [0.05, 0.1) is 26.4 Å². The highest BCUT2D eigenvalue weighted by molar-refractivity contribution is 7.47. The molecule has 2 unspecified atom stereocenters. The summed E-state index contributed by atoms with van der Waals surface area (Å²) in [6.07, 6.45) is 46.3. The van der Waals surface area contributed by atoms with Crippen LogP contribution in [0.3, 0.4) is 0 Å². The standard InChI is InChI=1S/C73H142O17P2/c1-63(2)49-41-33-25-21-17-15-13-11-9-10-12-14-16-18-24-28-39-47-55-72(77)89-68(59-83-70(75)53-45-37-27-23-20-19-22-26-34-42-50-64(3)4)61-87-91(79,80)85-57-67(74)58-86-92(81,82)88-62-69(90-73(78)56-48-40-32-30-36-44-52-66(7)8)60-84-71(76)54-46-38-31-29-35-43-51-65(5)6/h63-69,74H,9-62H2,1-8H3,(H,79,80)(H,81,82)/t67-,68-,69-/m1/s1. The van der Waals surface area contributed by atoms with Gasteiger partial charge in [0.15, 0.2) is 12.2 Å². The summed E-state index contributed by atoms with van der Waals surface area (Å²) in [7, 11) is -9.90. The highest BCUT2D eigenvalue weighted by atomic mass is 31.2. The Morgan fingerprint density at radius 3 is 0.674 bits per heavy atom. The summed E-state index contributed by atoms with van der Waals surface area (Å²) in [6, 6.07) is 0. The summed E-state index contributed by atoms with van der Waals surface area (Å²) < 4.78 is 68.3. The number of esters is 4. The maximum Gasteiger partial charge on any atom is 0.472 e. The number of carbonyl (C=O) groups is 4. The normalized spacial score (nSPS) is 14.2. The second-order valence-electron chi connectivity index (χ2n) is 28.2. The SMILES string of the molecule is CC(C)CCCCCCCCCCCCCCCCCCCCC(=O)O[C@H](COC(=O)CCCCCCCCCCCCC(C)C)COP(=O)(O)OC[C@@H](O)COP(=O)(O)OC[C@@H](COC(=O)CCCCCCCCC(C)C)OC(=O)CCCCCCCCC(C)C. The third-order valence-electron chi connectivity index (χ3n) is 16.8. The molecule has 0 aliphatic heterocycles. The molecule has 0 saturated heterocycles. The van der Waals surface area contributed by atoms with Crippen molar-refractivity contribution < 1.29 is 80.2 Å². The highest BCUT2D eigenvalue weighted by Crippen LogP contribution is 2.45. The van der Waals surface area contributed by atoms with E-state index in [1.807, 2.05) is 0 Å². The van der Waals surface area contributed by atoms with Gasteiger partial charge in [-0.15, -0.1) is 0 Å². The molecule has 0 saturated carbocycles.